The number of anilines is 1. The topological polar surface area (TPSA) is 15.3 Å². The molecule has 2 nitrogen and oxygen atoms in total. The van der Waals surface area contributed by atoms with Crippen molar-refractivity contribution in [3.05, 3.63) is 29.3 Å². The van der Waals surface area contributed by atoms with E-state index in [0.717, 1.165) is 30.3 Å². The van der Waals surface area contributed by atoms with Gasteiger partial charge in [-0.1, -0.05) is 37.6 Å². The number of hydrogen-bond acceptors (Lipinski definition) is 2. The molecule has 0 aliphatic carbocycles. The highest BCUT2D eigenvalue weighted by Gasteiger charge is 2.01. The summed E-state index contributed by atoms with van der Waals surface area (Å²) in [6, 6.07) is 7.87. The Labute approximate surface area is 104 Å². The van der Waals surface area contributed by atoms with Crippen LogP contribution in [0.2, 0.25) is 5.02 Å². The molecule has 0 fully saturated rings. The zero-order valence-corrected chi connectivity index (χ0v) is 10.9. The van der Waals surface area contributed by atoms with Crippen LogP contribution < -0.4 is 5.32 Å². The predicted octanol–water partition coefficient (Wildman–Crippen LogP) is 3.48. The van der Waals surface area contributed by atoms with Crippen molar-refractivity contribution < 1.29 is 0 Å². The van der Waals surface area contributed by atoms with Crippen molar-refractivity contribution >= 4 is 17.3 Å². The van der Waals surface area contributed by atoms with E-state index in [1.54, 1.807) is 0 Å². The van der Waals surface area contributed by atoms with Crippen LogP contribution in [0.4, 0.5) is 5.69 Å². The van der Waals surface area contributed by atoms with Gasteiger partial charge in [0.1, 0.15) is 0 Å². The summed E-state index contributed by atoms with van der Waals surface area (Å²) >= 11 is 6.06. The van der Waals surface area contributed by atoms with Gasteiger partial charge < -0.3 is 10.2 Å². The molecule has 0 saturated heterocycles. The van der Waals surface area contributed by atoms with Crippen LogP contribution in [-0.4, -0.2) is 31.1 Å². The Morgan fingerprint density at radius 3 is 2.56 bits per heavy atom. The minimum Gasteiger partial charge on any atom is -0.383 e. The number of halogens is 1. The number of likely N-dealkylation sites (N-methyl/N-ethyl adjacent to an activating group) is 1. The molecule has 0 amide bonds. The normalized spacial score (nSPS) is 10.8. The lowest BCUT2D eigenvalue weighted by Crippen LogP contribution is -2.29. The number of rotatable bonds is 7. The summed E-state index contributed by atoms with van der Waals surface area (Å²) in [7, 11) is 0. The fourth-order valence-electron chi connectivity index (χ4n) is 1.70. The van der Waals surface area contributed by atoms with Crippen LogP contribution in [0.1, 0.15) is 20.3 Å². The molecule has 0 bridgehead atoms. The van der Waals surface area contributed by atoms with Gasteiger partial charge >= 0.3 is 0 Å². The average Bonchev–Trinajstić information content (AvgIpc) is 2.30. The monoisotopic (exact) mass is 240 g/mol. The molecule has 0 atom stereocenters. The van der Waals surface area contributed by atoms with E-state index in [-0.39, 0.29) is 0 Å². The maximum atomic E-state index is 6.06. The van der Waals surface area contributed by atoms with Gasteiger partial charge in [-0.25, -0.2) is 0 Å². The molecule has 0 aliphatic rings. The number of para-hydroxylation sites is 1. The van der Waals surface area contributed by atoms with Crippen LogP contribution in [0.5, 0.6) is 0 Å². The van der Waals surface area contributed by atoms with Gasteiger partial charge in [-0.05, 0) is 31.6 Å². The first-order valence-electron chi connectivity index (χ1n) is 5.98. The lowest BCUT2D eigenvalue weighted by Gasteiger charge is -2.20. The maximum Gasteiger partial charge on any atom is 0.0637 e. The van der Waals surface area contributed by atoms with Gasteiger partial charge in [-0.2, -0.15) is 0 Å². The molecule has 0 aromatic heterocycles. The zero-order chi connectivity index (χ0) is 11.8. The molecule has 1 aromatic carbocycles. The van der Waals surface area contributed by atoms with Gasteiger partial charge in [-0.3, -0.25) is 0 Å². The second kappa shape index (κ2) is 7.53. The average molecular weight is 241 g/mol. The highest BCUT2D eigenvalue weighted by molar-refractivity contribution is 6.33. The standard InChI is InChI=1S/C13H21ClN2/c1-3-10-16(4-2)11-9-15-13-8-6-5-7-12(13)14/h5-8,15H,3-4,9-11H2,1-2H3. The minimum atomic E-state index is 0.793. The Morgan fingerprint density at radius 1 is 1.19 bits per heavy atom. The van der Waals surface area contributed by atoms with Crippen LogP contribution in [0.15, 0.2) is 24.3 Å². The second-order valence-electron chi connectivity index (χ2n) is 3.84. The van der Waals surface area contributed by atoms with E-state index in [0.29, 0.717) is 0 Å². The smallest absolute Gasteiger partial charge is 0.0637 e. The van der Waals surface area contributed by atoms with Crippen molar-refractivity contribution in [3.8, 4) is 0 Å². The van der Waals surface area contributed by atoms with Crippen LogP contribution in [-0.2, 0) is 0 Å². The number of benzene rings is 1. The first kappa shape index (κ1) is 13.3. The van der Waals surface area contributed by atoms with E-state index < -0.39 is 0 Å². The Kier molecular flexibility index (Phi) is 6.27. The highest BCUT2D eigenvalue weighted by Crippen LogP contribution is 2.19. The second-order valence-corrected chi connectivity index (χ2v) is 4.25. The Bertz CT molecular complexity index is 302. The van der Waals surface area contributed by atoms with E-state index in [1.807, 2.05) is 24.3 Å². The molecular formula is C13H21ClN2. The van der Waals surface area contributed by atoms with Crippen LogP contribution in [0, 0.1) is 0 Å². The molecule has 0 saturated carbocycles. The fraction of sp³-hybridized carbons (Fsp3) is 0.538. The van der Waals surface area contributed by atoms with Gasteiger partial charge in [0, 0.05) is 13.1 Å². The number of hydrogen-bond donors (Lipinski definition) is 1. The summed E-state index contributed by atoms with van der Waals surface area (Å²) in [6.07, 6.45) is 1.21. The first-order valence-corrected chi connectivity index (χ1v) is 6.36. The SMILES string of the molecule is CCCN(CC)CCNc1ccccc1Cl. The molecule has 1 N–H and O–H groups in total. The lowest BCUT2D eigenvalue weighted by atomic mass is 10.3. The molecule has 0 heterocycles. The Balaban J connectivity index is 2.32. The van der Waals surface area contributed by atoms with E-state index in [1.165, 1.54) is 13.0 Å². The van der Waals surface area contributed by atoms with E-state index in [9.17, 15) is 0 Å². The van der Waals surface area contributed by atoms with Gasteiger partial charge in [0.15, 0.2) is 0 Å². The summed E-state index contributed by atoms with van der Waals surface area (Å²) in [4.78, 5) is 2.43. The van der Waals surface area contributed by atoms with E-state index >= 15 is 0 Å². The predicted molar refractivity (Wildman–Crippen MR) is 72.3 cm³/mol. The van der Waals surface area contributed by atoms with Gasteiger partial charge in [0.05, 0.1) is 10.7 Å². The van der Waals surface area contributed by atoms with E-state index in [2.05, 4.69) is 24.1 Å². The largest absolute Gasteiger partial charge is 0.383 e. The quantitative estimate of drug-likeness (QED) is 0.785. The number of nitrogens with one attached hydrogen (secondary N) is 1. The van der Waals surface area contributed by atoms with Gasteiger partial charge in [0.25, 0.3) is 0 Å². The highest BCUT2D eigenvalue weighted by atomic mass is 35.5. The van der Waals surface area contributed by atoms with Crippen molar-refractivity contribution in [1.29, 1.82) is 0 Å². The summed E-state index contributed by atoms with van der Waals surface area (Å²) < 4.78 is 0. The summed E-state index contributed by atoms with van der Waals surface area (Å²) in [5, 5.41) is 4.16. The summed E-state index contributed by atoms with van der Waals surface area (Å²) in [5.74, 6) is 0. The zero-order valence-electron chi connectivity index (χ0n) is 10.2. The molecular weight excluding hydrogens is 220 g/mol. The van der Waals surface area contributed by atoms with Crippen molar-refractivity contribution in [2.24, 2.45) is 0 Å². The van der Waals surface area contributed by atoms with Crippen LogP contribution in [0.3, 0.4) is 0 Å². The first-order chi connectivity index (χ1) is 7.77. The fourth-order valence-corrected chi connectivity index (χ4v) is 1.90. The summed E-state index contributed by atoms with van der Waals surface area (Å²) in [6.45, 7) is 8.70. The Hall–Kier alpha value is -0.730. The van der Waals surface area contributed by atoms with Crippen molar-refractivity contribution in [1.82, 2.24) is 4.90 Å². The van der Waals surface area contributed by atoms with Crippen molar-refractivity contribution in [2.45, 2.75) is 20.3 Å². The van der Waals surface area contributed by atoms with Gasteiger partial charge in [0.2, 0.25) is 0 Å². The summed E-state index contributed by atoms with van der Waals surface area (Å²) in [5.41, 5.74) is 1.02. The van der Waals surface area contributed by atoms with Gasteiger partial charge in [-0.15, -0.1) is 0 Å². The minimum absolute atomic E-state index is 0.793. The van der Waals surface area contributed by atoms with Crippen LogP contribution >= 0.6 is 11.6 Å². The van der Waals surface area contributed by atoms with Crippen LogP contribution in [0.25, 0.3) is 0 Å². The molecule has 1 aromatic rings. The third kappa shape index (κ3) is 4.42. The third-order valence-electron chi connectivity index (χ3n) is 2.60. The van der Waals surface area contributed by atoms with Crippen molar-refractivity contribution in [2.75, 3.05) is 31.5 Å². The maximum absolute atomic E-state index is 6.06. The molecule has 1 rings (SSSR count). The molecule has 0 unspecified atom stereocenters. The Morgan fingerprint density at radius 2 is 1.94 bits per heavy atom. The van der Waals surface area contributed by atoms with Crippen molar-refractivity contribution in [3.63, 3.8) is 0 Å². The molecule has 0 radical (unpaired) electrons. The molecule has 3 heteroatoms. The van der Waals surface area contributed by atoms with E-state index in [4.69, 9.17) is 11.6 Å². The third-order valence-corrected chi connectivity index (χ3v) is 2.93. The molecule has 90 valence electrons. The molecule has 0 aliphatic heterocycles. The molecule has 16 heavy (non-hydrogen) atoms. The number of nitrogens with zero attached hydrogens (tertiary/aromatic N) is 1. The lowest BCUT2D eigenvalue weighted by molar-refractivity contribution is 0.300. The molecule has 0 spiro atoms.